The van der Waals surface area contributed by atoms with E-state index in [1.54, 1.807) is 0 Å². The Labute approximate surface area is 120 Å². The molecule has 114 valence electrons. The van der Waals surface area contributed by atoms with Gasteiger partial charge in [-0.05, 0) is 31.9 Å². The summed E-state index contributed by atoms with van der Waals surface area (Å²) in [5.74, 6) is 0. The molecule has 1 saturated heterocycles. The minimum Gasteiger partial charge on any atom is -0.385 e. The van der Waals surface area contributed by atoms with Gasteiger partial charge in [0.2, 0.25) is 0 Å². The third-order valence-electron chi connectivity index (χ3n) is 3.91. The van der Waals surface area contributed by atoms with Crippen LogP contribution in [-0.2, 0) is 23.1 Å². The lowest BCUT2D eigenvalue weighted by molar-refractivity contribution is -0.677. The van der Waals surface area contributed by atoms with E-state index in [9.17, 15) is 5.11 Å². The molecule has 5 nitrogen and oxygen atoms in total. The molecule has 0 aliphatic carbocycles. The number of aliphatic hydroxyl groups is 1. The minimum absolute atomic E-state index is 0.234. The maximum atomic E-state index is 9.87. The lowest BCUT2D eigenvalue weighted by Gasteiger charge is -2.13. The predicted octanol–water partition coefficient (Wildman–Crippen LogP) is -0.0466. The topological polar surface area (TPSA) is 60.2 Å². The minimum atomic E-state index is -0.419. The van der Waals surface area contributed by atoms with Gasteiger partial charge in [-0.2, -0.15) is 0 Å². The van der Waals surface area contributed by atoms with Crippen LogP contribution >= 0.6 is 0 Å². The van der Waals surface area contributed by atoms with Crippen LogP contribution in [0.25, 0.3) is 0 Å². The van der Waals surface area contributed by atoms with E-state index in [1.807, 2.05) is 0 Å². The van der Waals surface area contributed by atoms with E-state index in [1.165, 1.54) is 11.4 Å². The van der Waals surface area contributed by atoms with Gasteiger partial charge in [0.05, 0.1) is 25.0 Å². The normalized spacial score (nSPS) is 20.4. The third kappa shape index (κ3) is 4.59. The van der Waals surface area contributed by atoms with Crippen molar-refractivity contribution in [1.29, 1.82) is 0 Å². The van der Waals surface area contributed by atoms with Crippen molar-refractivity contribution < 1.29 is 19.9 Å². The van der Waals surface area contributed by atoms with Gasteiger partial charge in [-0.1, -0.05) is 0 Å². The molecule has 0 unspecified atom stereocenters. The summed E-state index contributed by atoms with van der Waals surface area (Å²) in [6.45, 7) is 5.48. The number of hydrogen-bond donors (Lipinski definition) is 2. The first kappa shape index (κ1) is 15.5. The van der Waals surface area contributed by atoms with Crippen LogP contribution in [0.4, 0.5) is 0 Å². The number of nitrogens with zero attached hydrogens (tertiary/aromatic N) is 1. The molecule has 1 fully saturated rings. The number of ether oxygens (including phenoxy) is 2. The molecular weight excluding hydrogens is 256 g/mol. The van der Waals surface area contributed by atoms with E-state index >= 15 is 0 Å². The zero-order valence-corrected chi connectivity index (χ0v) is 12.5. The SMILES string of the molecule is Cc1ccc(C[NH2+]C[C@H](O)COC[C@H]2CCCO2)n1C. The molecular formula is C15H27N2O3+. The summed E-state index contributed by atoms with van der Waals surface area (Å²) >= 11 is 0. The highest BCUT2D eigenvalue weighted by molar-refractivity contribution is 5.13. The van der Waals surface area contributed by atoms with Gasteiger partial charge in [0.1, 0.15) is 19.2 Å². The third-order valence-corrected chi connectivity index (χ3v) is 3.91. The van der Waals surface area contributed by atoms with Gasteiger partial charge in [-0.25, -0.2) is 0 Å². The molecule has 0 bridgehead atoms. The Balaban J connectivity index is 1.55. The molecule has 0 aromatic carbocycles. The van der Waals surface area contributed by atoms with Gasteiger partial charge < -0.3 is 24.5 Å². The number of aromatic nitrogens is 1. The summed E-state index contributed by atoms with van der Waals surface area (Å²) in [5, 5.41) is 12.0. The van der Waals surface area contributed by atoms with Crippen molar-refractivity contribution in [3.63, 3.8) is 0 Å². The van der Waals surface area contributed by atoms with Crippen LogP contribution in [-0.4, -0.2) is 48.2 Å². The molecule has 2 heterocycles. The van der Waals surface area contributed by atoms with Crippen molar-refractivity contribution in [2.24, 2.45) is 7.05 Å². The van der Waals surface area contributed by atoms with E-state index in [-0.39, 0.29) is 6.10 Å². The van der Waals surface area contributed by atoms with Crippen LogP contribution in [0.5, 0.6) is 0 Å². The zero-order valence-electron chi connectivity index (χ0n) is 12.5. The molecule has 2 atom stereocenters. The lowest BCUT2D eigenvalue weighted by Crippen LogP contribution is -2.85. The highest BCUT2D eigenvalue weighted by atomic mass is 16.5. The Morgan fingerprint density at radius 2 is 2.40 bits per heavy atom. The van der Waals surface area contributed by atoms with Crippen molar-refractivity contribution in [2.45, 2.75) is 38.5 Å². The number of aliphatic hydroxyl groups excluding tert-OH is 1. The van der Waals surface area contributed by atoms with Crippen LogP contribution < -0.4 is 5.32 Å². The van der Waals surface area contributed by atoms with Crippen molar-refractivity contribution in [3.05, 3.63) is 23.5 Å². The second-order valence-corrected chi connectivity index (χ2v) is 5.58. The van der Waals surface area contributed by atoms with Gasteiger partial charge in [-0.3, -0.25) is 0 Å². The second kappa shape index (κ2) is 7.78. The smallest absolute Gasteiger partial charge is 0.126 e. The largest absolute Gasteiger partial charge is 0.385 e. The Kier molecular flexibility index (Phi) is 6.04. The fourth-order valence-corrected chi connectivity index (χ4v) is 2.47. The number of nitrogens with two attached hydrogens (primary N) is 1. The summed E-state index contributed by atoms with van der Waals surface area (Å²) in [7, 11) is 2.07. The number of hydrogen-bond acceptors (Lipinski definition) is 3. The average molecular weight is 283 g/mol. The van der Waals surface area contributed by atoms with Crippen molar-refractivity contribution in [2.75, 3.05) is 26.4 Å². The monoisotopic (exact) mass is 283 g/mol. The fourth-order valence-electron chi connectivity index (χ4n) is 2.47. The van der Waals surface area contributed by atoms with Crippen LogP contribution in [0.1, 0.15) is 24.2 Å². The number of aryl methyl sites for hydroxylation is 1. The highest BCUT2D eigenvalue weighted by Crippen LogP contribution is 2.11. The van der Waals surface area contributed by atoms with Gasteiger partial charge in [0.25, 0.3) is 0 Å². The molecule has 2 rings (SSSR count). The van der Waals surface area contributed by atoms with Crippen LogP contribution in [0, 0.1) is 6.92 Å². The predicted molar refractivity (Wildman–Crippen MR) is 76.4 cm³/mol. The molecule has 0 spiro atoms. The molecule has 20 heavy (non-hydrogen) atoms. The Morgan fingerprint density at radius 1 is 1.55 bits per heavy atom. The van der Waals surface area contributed by atoms with Gasteiger partial charge >= 0.3 is 0 Å². The van der Waals surface area contributed by atoms with Gasteiger partial charge in [0.15, 0.2) is 0 Å². The summed E-state index contributed by atoms with van der Waals surface area (Å²) in [5.41, 5.74) is 2.53. The molecule has 3 N–H and O–H groups in total. The van der Waals surface area contributed by atoms with Crippen molar-refractivity contribution in [3.8, 4) is 0 Å². The highest BCUT2D eigenvalue weighted by Gasteiger charge is 2.16. The quantitative estimate of drug-likeness (QED) is 0.703. The van der Waals surface area contributed by atoms with Crippen LogP contribution in [0.3, 0.4) is 0 Å². The molecule has 0 amide bonds. The maximum absolute atomic E-state index is 9.87. The summed E-state index contributed by atoms with van der Waals surface area (Å²) in [4.78, 5) is 0. The number of quaternary nitrogens is 1. The van der Waals surface area contributed by atoms with Crippen molar-refractivity contribution in [1.82, 2.24) is 4.57 Å². The Morgan fingerprint density at radius 3 is 3.05 bits per heavy atom. The van der Waals surface area contributed by atoms with E-state index < -0.39 is 6.10 Å². The van der Waals surface area contributed by atoms with Crippen molar-refractivity contribution >= 4 is 0 Å². The average Bonchev–Trinajstić information content (AvgIpc) is 3.04. The van der Waals surface area contributed by atoms with E-state index in [4.69, 9.17) is 9.47 Å². The first-order chi connectivity index (χ1) is 9.66. The molecule has 1 aliphatic heterocycles. The molecule has 5 heteroatoms. The molecule has 1 aliphatic rings. The van der Waals surface area contributed by atoms with E-state index in [2.05, 4.69) is 36.0 Å². The lowest BCUT2D eigenvalue weighted by atomic mass is 10.2. The molecule has 0 radical (unpaired) electrons. The van der Waals surface area contributed by atoms with Gasteiger partial charge in [0, 0.05) is 19.3 Å². The first-order valence-electron chi connectivity index (χ1n) is 7.47. The van der Waals surface area contributed by atoms with Gasteiger partial charge in [-0.15, -0.1) is 0 Å². The van der Waals surface area contributed by atoms with E-state index in [0.29, 0.717) is 19.8 Å². The summed E-state index contributed by atoms with van der Waals surface area (Å²) in [6.07, 6.45) is 2.02. The summed E-state index contributed by atoms with van der Waals surface area (Å²) in [6, 6.07) is 4.25. The second-order valence-electron chi connectivity index (χ2n) is 5.58. The molecule has 1 aromatic rings. The molecule has 0 saturated carbocycles. The van der Waals surface area contributed by atoms with Crippen LogP contribution in [0.2, 0.25) is 0 Å². The van der Waals surface area contributed by atoms with Crippen LogP contribution in [0.15, 0.2) is 12.1 Å². The standard InChI is InChI=1S/C15H26N2O3/c1-12-5-6-13(17(12)2)8-16-9-14(18)10-19-11-15-4-3-7-20-15/h5-6,14-16,18H,3-4,7-11H2,1-2H3/p+1/t14-,15+/m0/s1. The Hall–Kier alpha value is -0.880. The molecule has 1 aromatic heterocycles. The number of rotatable bonds is 8. The fraction of sp³-hybridized carbons (Fsp3) is 0.733. The first-order valence-corrected chi connectivity index (χ1v) is 7.47. The summed E-state index contributed by atoms with van der Waals surface area (Å²) < 4.78 is 13.2. The van der Waals surface area contributed by atoms with E-state index in [0.717, 1.165) is 26.0 Å². The zero-order chi connectivity index (χ0) is 14.4. The maximum Gasteiger partial charge on any atom is 0.126 e. The Bertz CT molecular complexity index is 400.